The van der Waals surface area contributed by atoms with Gasteiger partial charge in [0.15, 0.2) is 0 Å². The van der Waals surface area contributed by atoms with Gasteiger partial charge >= 0.3 is 12.1 Å². The van der Waals surface area contributed by atoms with Crippen LogP contribution in [0.2, 0.25) is 5.02 Å². The molecule has 0 fully saturated rings. The molecule has 0 saturated carbocycles. The number of carbonyl (C=O) groups is 1. The van der Waals surface area contributed by atoms with Crippen molar-refractivity contribution in [1.29, 1.82) is 0 Å². The summed E-state index contributed by atoms with van der Waals surface area (Å²) in [6.45, 7) is 0. The molecule has 0 unspecified atom stereocenters. The van der Waals surface area contributed by atoms with E-state index in [-0.39, 0.29) is 16.3 Å². The Kier molecular flexibility index (Phi) is 3.67. The lowest BCUT2D eigenvalue weighted by Crippen LogP contribution is -2.05. The number of nitrogens with zero attached hydrogens (tertiary/aromatic N) is 1. The number of alkyl halides is 3. The number of benzene rings is 1. The summed E-state index contributed by atoms with van der Waals surface area (Å²) in [5, 5.41) is 8.61. The Morgan fingerprint density at radius 1 is 1.20 bits per heavy atom. The molecular formula is C13H7ClF3NO2. The predicted octanol–water partition coefficient (Wildman–Crippen LogP) is 4.12. The summed E-state index contributed by atoms with van der Waals surface area (Å²) in [5.74, 6) is -1.09. The average Bonchev–Trinajstić information content (AvgIpc) is 2.37. The van der Waals surface area contributed by atoms with Gasteiger partial charge in [0.1, 0.15) is 0 Å². The summed E-state index contributed by atoms with van der Waals surface area (Å²) in [6, 6.07) is 6.31. The van der Waals surface area contributed by atoms with Gasteiger partial charge in [-0.25, -0.2) is 4.79 Å². The van der Waals surface area contributed by atoms with Gasteiger partial charge in [-0.05, 0) is 18.2 Å². The largest absolute Gasteiger partial charge is 0.478 e. The third-order valence-electron chi connectivity index (χ3n) is 2.57. The highest BCUT2D eigenvalue weighted by atomic mass is 35.5. The Hall–Kier alpha value is -2.08. The lowest BCUT2D eigenvalue weighted by molar-refractivity contribution is -0.137. The van der Waals surface area contributed by atoms with Crippen molar-refractivity contribution in [2.75, 3.05) is 0 Å². The van der Waals surface area contributed by atoms with Crippen LogP contribution in [0.25, 0.3) is 11.3 Å². The number of halogens is 4. The van der Waals surface area contributed by atoms with Crippen LogP contribution in [-0.4, -0.2) is 16.1 Å². The zero-order chi connectivity index (χ0) is 14.9. The minimum absolute atomic E-state index is 0.0665. The summed E-state index contributed by atoms with van der Waals surface area (Å²) >= 11 is 5.79. The van der Waals surface area contributed by atoms with Gasteiger partial charge in [-0.3, -0.25) is 4.98 Å². The molecule has 7 heteroatoms. The van der Waals surface area contributed by atoms with Crippen molar-refractivity contribution in [2.45, 2.75) is 6.18 Å². The smallest absolute Gasteiger partial charge is 0.417 e. The lowest BCUT2D eigenvalue weighted by Gasteiger charge is -2.09. The van der Waals surface area contributed by atoms with Crippen LogP contribution >= 0.6 is 11.6 Å². The molecule has 1 N–H and O–H groups in total. The zero-order valence-electron chi connectivity index (χ0n) is 9.78. The van der Waals surface area contributed by atoms with E-state index in [1.807, 2.05) is 0 Å². The monoisotopic (exact) mass is 301 g/mol. The summed E-state index contributed by atoms with van der Waals surface area (Å²) in [6.07, 6.45) is -3.82. The van der Waals surface area contributed by atoms with E-state index in [4.69, 9.17) is 16.7 Å². The number of aromatic nitrogens is 1. The highest BCUT2D eigenvalue weighted by Crippen LogP contribution is 2.33. The molecule has 1 heterocycles. The van der Waals surface area contributed by atoms with E-state index in [2.05, 4.69) is 4.98 Å². The van der Waals surface area contributed by atoms with Crippen LogP contribution in [0.3, 0.4) is 0 Å². The molecule has 0 aliphatic carbocycles. The van der Waals surface area contributed by atoms with Gasteiger partial charge in [-0.15, -0.1) is 0 Å². The Balaban J connectivity index is 2.41. The van der Waals surface area contributed by atoms with Crippen molar-refractivity contribution in [3.8, 4) is 11.3 Å². The maximum atomic E-state index is 12.5. The fourth-order valence-electron chi connectivity index (χ4n) is 1.58. The Morgan fingerprint density at radius 3 is 2.25 bits per heavy atom. The van der Waals surface area contributed by atoms with Crippen molar-refractivity contribution >= 4 is 17.6 Å². The number of hydrogen-bond acceptors (Lipinski definition) is 2. The molecule has 20 heavy (non-hydrogen) atoms. The molecule has 2 rings (SSSR count). The molecule has 0 amide bonds. The number of pyridine rings is 1. The summed E-state index contributed by atoms with van der Waals surface area (Å²) in [5.41, 5.74) is -0.268. The van der Waals surface area contributed by atoms with Crippen molar-refractivity contribution in [3.63, 3.8) is 0 Å². The van der Waals surface area contributed by atoms with Gasteiger partial charge in [0.05, 0.1) is 21.8 Å². The Bertz CT molecular complexity index is 654. The SMILES string of the molecule is O=C(O)c1ccc(-c2ncc(C(F)(F)F)cc2Cl)cc1. The van der Waals surface area contributed by atoms with E-state index in [0.29, 0.717) is 11.8 Å². The second-order valence-corrected chi connectivity index (χ2v) is 4.34. The van der Waals surface area contributed by atoms with Crippen molar-refractivity contribution < 1.29 is 23.1 Å². The van der Waals surface area contributed by atoms with Gasteiger partial charge in [-0.1, -0.05) is 23.7 Å². The molecule has 0 saturated heterocycles. The van der Waals surface area contributed by atoms with Crippen LogP contribution in [-0.2, 0) is 6.18 Å². The second-order valence-electron chi connectivity index (χ2n) is 3.93. The summed E-state index contributed by atoms with van der Waals surface area (Å²) in [7, 11) is 0. The Morgan fingerprint density at radius 2 is 1.80 bits per heavy atom. The first-order chi connectivity index (χ1) is 9.29. The van der Waals surface area contributed by atoms with Crippen LogP contribution in [0.1, 0.15) is 15.9 Å². The molecule has 1 aromatic heterocycles. The second kappa shape index (κ2) is 5.13. The number of rotatable bonds is 2. The molecule has 0 atom stereocenters. The predicted molar refractivity (Wildman–Crippen MR) is 66.6 cm³/mol. The number of aromatic carboxylic acids is 1. The van der Waals surface area contributed by atoms with Crippen LogP contribution in [0.4, 0.5) is 13.2 Å². The third-order valence-corrected chi connectivity index (χ3v) is 2.86. The molecule has 104 valence electrons. The van der Waals surface area contributed by atoms with E-state index in [1.165, 1.54) is 24.3 Å². The normalized spacial score (nSPS) is 11.4. The van der Waals surface area contributed by atoms with Gasteiger partial charge in [-0.2, -0.15) is 13.2 Å². The minimum Gasteiger partial charge on any atom is -0.478 e. The van der Waals surface area contributed by atoms with Crippen molar-refractivity contribution in [2.24, 2.45) is 0 Å². The molecule has 0 aliphatic heterocycles. The van der Waals surface area contributed by atoms with E-state index < -0.39 is 17.7 Å². The van der Waals surface area contributed by atoms with Gasteiger partial charge in [0, 0.05) is 11.8 Å². The summed E-state index contributed by atoms with van der Waals surface area (Å²) < 4.78 is 37.4. The first-order valence-corrected chi connectivity index (χ1v) is 5.73. The summed E-state index contributed by atoms with van der Waals surface area (Å²) in [4.78, 5) is 14.4. The lowest BCUT2D eigenvalue weighted by atomic mass is 10.1. The molecule has 0 spiro atoms. The number of carboxylic acid groups (broad SMARTS) is 1. The molecular weight excluding hydrogens is 295 g/mol. The molecule has 2 aromatic rings. The van der Waals surface area contributed by atoms with E-state index in [0.717, 1.165) is 6.07 Å². The van der Waals surface area contributed by atoms with Crippen molar-refractivity contribution in [3.05, 3.63) is 52.7 Å². The molecule has 0 radical (unpaired) electrons. The van der Waals surface area contributed by atoms with Crippen LogP contribution < -0.4 is 0 Å². The molecule has 1 aromatic carbocycles. The number of hydrogen-bond donors (Lipinski definition) is 1. The maximum absolute atomic E-state index is 12.5. The topological polar surface area (TPSA) is 50.2 Å². The standard InChI is InChI=1S/C13H7ClF3NO2/c14-10-5-9(13(15,16)17)6-18-11(10)7-1-3-8(4-2-7)12(19)20/h1-6H,(H,19,20). The average molecular weight is 302 g/mol. The van der Waals surface area contributed by atoms with E-state index >= 15 is 0 Å². The first-order valence-electron chi connectivity index (χ1n) is 5.35. The quantitative estimate of drug-likeness (QED) is 0.907. The molecule has 0 aliphatic rings. The van der Waals surface area contributed by atoms with Gasteiger partial charge < -0.3 is 5.11 Å². The first kappa shape index (κ1) is 14.3. The van der Waals surface area contributed by atoms with Crippen LogP contribution in [0.15, 0.2) is 36.5 Å². The maximum Gasteiger partial charge on any atom is 0.417 e. The molecule has 0 bridgehead atoms. The highest BCUT2D eigenvalue weighted by Gasteiger charge is 2.31. The van der Waals surface area contributed by atoms with E-state index in [1.54, 1.807) is 0 Å². The number of carboxylic acids is 1. The van der Waals surface area contributed by atoms with E-state index in [9.17, 15) is 18.0 Å². The highest BCUT2D eigenvalue weighted by molar-refractivity contribution is 6.33. The fraction of sp³-hybridized carbons (Fsp3) is 0.0769. The third kappa shape index (κ3) is 2.91. The Labute approximate surface area is 116 Å². The zero-order valence-corrected chi connectivity index (χ0v) is 10.5. The fourth-order valence-corrected chi connectivity index (χ4v) is 1.85. The molecule has 3 nitrogen and oxygen atoms in total. The van der Waals surface area contributed by atoms with Crippen LogP contribution in [0.5, 0.6) is 0 Å². The minimum atomic E-state index is -4.51. The van der Waals surface area contributed by atoms with Gasteiger partial charge in [0.25, 0.3) is 0 Å². The van der Waals surface area contributed by atoms with Gasteiger partial charge in [0.2, 0.25) is 0 Å². The van der Waals surface area contributed by atoms with Crippen LogP contribution in [0, 0.1) is 0 Å². The van der Waals surface area contributed by atoms with Crippen molar-refractivity contribution in [1.82, 2.24) is 4.98 Å².